The highest BCUT2D eigenvalue weighted by atomic mass is 79.9. The molecule has 0 amide bonds. The van der Waals surface area contributed by atoms with E-state index in [9.17, 15) is 0 Å². The maximum atomic E-state index is 4.08. The molecule has 0 spiro atoms. The normalized spacial score (nSPS) is 10.9. The fourth-order valence-electron chi connectivity index (χ4n) is 1.81. The van der Waals surface area contributed by atoms with Gasteiger partial charge in [0.1, 0.15) is 0 Å². The lowest BCUT2D eigenvalue weighted by Gasteiger charge is -2.09. The Balaban J connectivity index is 0.00000162. The highest BCUT2D eigenvalue weighted by molar-refractivity contribution is 8.93. The van der Waals surface area contributed by atoms with Crippen LogP contribution in [0.15, 0.2) is 47.5 Å². The van der Waals surface area contributed by atoms with E-state index in [4.69, 9.17) is 0 Å². The van der Waals surface area contributed by atoms with Gasteiger partial charge in [-0.2, -0.15) is 0 Å². The van der Waals surface area contributed by atoms with E-state index < -0.39 is 0 Å². The SMILES string of the molecule is Br.CN=C(NC)NCc1ccc2ccccc2c1. The quantitative estimate of drug-likeness (QED) is 0.661. The van der Waals surface area contributed by atoms with Crippen LogP contribution in [-0.2, 0) is 6.54 Å². The van der Waals surface area contributed by atoms with Gasteiger partial charge in [0.2, 0.25) is 0 Å². The largest absolute Gasteiger partial charge is 0.359 e. The summed E-state index contributed by atoms with van der Waals surface area (Å²) in [5, 5.41) is 8.78. The van der Waals surface area contributed by atoms with Gasteiger partial charge in [-0.15, -0.1) is 17.0 Å². The van der Waals surface area contributed by atoms with Gasteiger partial charge in [0.15, 0.2) is 5.96 Å². The highest BCUT2D eigenvalue weighted by Crippen LogP contribution is 2.15. The molecule has 0 aromatic heterocycles. The van der Waals surface area contributed by atoms with Gasteiger partial charge >= 0.3 is 0 Å². The molecule has 2 aromatic carbocycles. The van der Waals surface area contributed by atoms with Crippen LogP contribution < -0.4 is 10.6 Å². The molecule has 0 aliphatic carbocycles. The van der Waals surface area contributed by atoms with Crippen LogP contribution in [0.2, 0.25) is 0 Å². The molecule has 0 atom stereocenters. The molecule has 18 heavy (non-hydrogen) atoms. The van der Waals surface area contributed by atoms with E-state index in [1.165, 1.54) is 16.3 Å². The van der Waals surface area contributed by atoms with Crippen LogP contribution in [0.25, 0.3) is 10.8 Å². The topological polar surface area (TPSA) is 36.4 Å². The van der Waals surface area contributed by atoms with Crippen molar-refractivity contribution in [1.82, 2.24) is 10.6 Å². The van der Waals surface area contributed by atoms with Gasteiger partial charge in [-0.25, -0.2) is 0 Å². The smallest absolute Gasteiger partial charge is 0.190 e. The third-order valence-electron chi connectivity index (χ3n) is 2.73. The van der Waals surface area contributed by atoms with Crippen molar-refractivity contribution in [2.75, 3.05) is 14.1 Å². The summed E-state index contributed by atoms with van der Waals surface area (Å²) >= 11 is 0. The van der Waals surface area contributed by atoms with E-state index in [0.29, 0.717) is 0 Å². The number of aliphatic imine (C=N–C) groups is 1. The fraction of sp³-hybridized carbons (Fsp3) is 0.214. The van der Waals surface area contributed by atoms with Crippen LogP contribution in [0, 0.1) is 0 Å². The van der Waals surface area contributed by atoms with Crippen molar-refractivity contribution >= 4 is 33.7 Å². The molecule has 2 N–H and O–H groups in total. The number of rotatable bonds is 2. The van der Waals surface area contributed by atoms with Crippen molar-refractivity contribution in [1.29, 1.82) is 0 Å². The monoisotopic (exact) mass is 307 g/mol. The van der Waals surface area contributed by atoms with Gasteiger partial charge in [-0.05, 0) is 22.4 Å². The van der Waals surface area contributed by atoms with Crippen molar-refractivity contribution in [2.24, 2.45) is 4.99 Å². The van der Waals surface area contributed by atoms with Crippen molar-refractivity contribution in [3.8, 4) is 0 Å². The first-order valence-corrected chi connectivity index (χ1v) is 5.69. The first-order chi connectivity index (χ1) is 8.33. The second-order valence-electron chi connectivity index (χ2n) is 3.86. The number of hydrogen-bond acceptors (Lipinski definition) is 1. The summed E-state index contributed by atoms with van der Waals surface area (Å²) in [6, 6.07) is 14.9. The number of guanidine groups is 1. The predicted octanol–water partition coefficient (Wildman–Crippen LogP) is 2.71. The number of hydrogen-bond donors (Lipinski definition) is 2. The molecule has 0 aliphatic heterocycles. The standard InChI is InChI=1S/C14H17N3.BrH/c1-15-14(16-2)17-10-11-7-8-12-5-3-4-6-13(12)9-11;/h3-9H,10H2,1-2H3,(H2,15,16,17);1H. The molecule has 0 bridgehead atoms. The lowest BCUT2D eigenvalue weighted by molar-refractivity contribution is 0.867. The fourth-order valence-corrected chi connectivity index (χ4v) is 1.81. The Morgan fingerprint density at radius 1 is 1.11 bits per heavy atom. The van der Waals surface area contributed by atoms with Crippen LogP contribution in [0.1, 0.15) is 5.56 Å². The summed E-state index contributed by atoms with van der Waals surface area (Å²) in [4.78, 5) is 4.08. The van der Waals surface area contributed by atoms with Crippen LogP contribution in [0.5, 0.6) is 0 Å². The first kappa shape index (κ1) is 14.5. The Kier molecular flexibility index (Phi) is 5.65. The summed E-state index contributed by atoms with van der Waals surface area (Å²) in [5.41, 5.74) is 1.25. The number of fused-ring (bicyclic) bond motifs is 1. The Morgan fingerprint density at radius 3 is 2.50 bits per heavy atom. The predicted molar refractivity (Wildman–Crippen MR) is 83.5 cm³/mol. The molecular weight excluding hydrogens is 290 g/mol. The minimum absolute atomic E-state index is 0. The zero-order chi connectivity index (χ0) is 12.1. The van der Waals surface area contributed by atoms with Gasteiger partial charge < -0.3 is 10.6 Å². The number of nitrogens with zero attached hydrogens (tertiary/aromatic N) is 1. The zero-order valence-electron chi connectivity index (χ0n) is 10.6. The maximum absolute atomic E-state index is 4.08. The summed E-state index contributed by atoms with van der Waals surface area (Å²) in [6.07, 6.45) is 0. The third-order valence-corrected chi connectivity index (χ3v) is 2.73. The van der Waals surface area contributed by atoms with Crippen molar-refractivity contribution in [3.05, 3.63) is 48.0 Å². The molecule has 2 aromatic rings. The molecule has 2 rings (SSSR count). The van der Waals surface area contributed by atoms with Crippen molar-refractivity contribution in [3.63, 3.8) is 0 Å². The van der Waals surface area contributed by atoms with E-state index in [1.807, 2.05) is 7.05 Å². The summed E-state index contributed by atoms with van der Waals surface area (Å²) in [7, 11) is 3.62. The Labute approximate surface area is 118 Å². The number of benzene rings is 2. The first-order valence-electron chi connectivity index (χ1n) is 5.69. The number of halogens is 1. The minimum atomic E-state index is 0. The van der Waals surface area contributed by atoms with E-state index in [0.717, 1.165) is 12.5 Å². The minimum Gasteiger partial charge on any atom is -0.359 e. The molecule has 0 heterocycles. The number of nitrogens with one attached hydrogen (secondary N) is 2. The van der Waals surface area contributed by atoms with E-state index in [1.54, 1.807) is 7.05 Å². The molecular formula is C14H18BrN3. The Morgan fingerprint density at radius 2 is 1.83 bits per heavy atom. The summed E-state index contributed by atoms with van der Waals surface area (Å²) < 4.78 is 0. The molecule has 0 aliphatic rings. The average molecular weight is 308 g/mol. The molecule has 4 heteroatoms. The zero-order valence-corrected chi connectivity index (χ0v) is 12.3. The average Bonchev–Trinajstić information content (AvgIpc) is 2.40. The molecule has 3 nitrogen and oxygen atoms in total. The van der Waals surface area contributed by atoms with Crippen LogP contribution >= 0.6 is 17.0 Å². The second kappa shape index (κ2) is 7.01. The molecule has 0 unspecified atom stereocenters. The highest BCUT2D eigenvalue weighted by Gasteiger charge is 1.97. The van der Waals surface area contributed by atoms with E-state index in [2.05, 4.69) is 58.1 Å². The Hall–Kier alpha value is -1.55. The molecule has 0 radical (unpaired) electrons. The van der Waals surface area contributed by atoms with E-state index >= 15 is 0 Å². The van der Waals surface area contributed by atoms with Crippen LogP contribution in [0.4, 0.5) is 0 Å². The van der Waals surface area contributed by atoms with Gasteiger partial charge in [-0.1, -0.05) is 36.4 Å². The molecule has 0 fully saturated rings. The van der Waals surface area contributed by atoms with Crippen molar-refractivity contribution < 1.29 is 0 Å². The van der Waals surface area contributed by atoms with Crippen LogP contribution in [0.3, 0.4) is 0 Å². The lowest BCUT2D eigenvalue weighted by Crippen LogP contribution is -2.34. The van der Waals surface area contributed by atoms with Gasteiger partial charge in [0, 0.05) is 20.6 Å². The summed E-state index contributed by atoms with van der Waals surface area (Å²) in [5.74, 6) is 0.804. The molecule has 0 saturated carbocycles. The van der Waals surface area contributed by atoms with Crippen LogP contribution in [-0.4, -0.2) is 20.1 Å². The van der Waals surface area contributed by atoms with Crippen molar-refractivity contribution in [2.45, 2.75) is 6.54 Å². The second-order valence-corrected chi connectivity index (χ2v) is 3.86. The molecule has 0 saturated heterocycles. The van der Waals surface area contributed by atoms with E-state index in [-0.39, 0.29) is 17.0 Å². The van der Waals surface area contributed by atoms with Gasteiger partial charge in [0.25, 0.3) is 0 Å². The lowest BCUT2D eigenvalue weighted by atomic mass is 10.1. The maximum Gasteiger partial charge on any atom is 0.190 e. The summed E-state index contributed by atoms with van der Waals surface area (Å²) in [6.45, 7) is 0.776. The molecule has 96 valence electrons. The van der Waals surface area contributed by atoms with Gasteiger partial charge in [-0.3, -0.25) is 4.99 Å². The Bertz CT molecular complexity index is 537. The van der Waals surface area contributed by atoms with Gasteiger partial charge in [0.05, 0.1) is 0 Å². The third kappa shape index (κ3) is 3.47.